The number of nitrogens with one attached hydrogen (secondary N) is 1. The molecule has 1 N–H and O–H groups in total. The van der Waals surface area contributed by atoms with E-state index in [-0.39, 0.29) is 11.3 Å². The van der Waals surface area contributed by atoms with Crippen molar-refractivity contribution in [2.24, 2.45) is 7.05 Å². The number of amides is 1. The van der Waals surface area contributed by atoms with Crippen molar-refractivity contribution in [2.75, 3.05) is 0 Å². The smallest absolute Gasteiger partial charge is 0.271 e. The molecule has 2 aromatic heterocycles. The molecule has 1 amide bonds. The molecule has 2 rings (SSSR count). The van der Waals surface area contributed by atoms with Gasteiger partial charge in [0.1, 0.15) is 5.69 Å². The topological polar surface area (TPSA) is 46.9 Å². The average Bonchev–Trinajstić information content (AvgIpc) is 2.93. The van der Waals surface area contributed by atoms with Crippen molar-refractivity contribution in [2.45, 2.75) is 32.7 Å². The first kappa shape index (κ1) is 13.8. The Morgan fingerprint density at radius 3 is 2.68 bits per heavy atom. The molecule has 0 saturated carbocycles. The fourth-order valence-corrected chi connectivity index (χ4v) is 2.67. The first-order valence-corrected chi connectivity index (χ1v) is 7.03. The second-order valence-corrected chi connectivity index (χ2v) is 6.79. The fourth-order valence-electron chi connectivity index (χ4n) is 1.66. The van der Waals surface area contributed by atoms with E-state index in [1.165, 1.54) is 4.88 Å². The first-order chi connectivity index (χ1) is 8.86. The van der Waals surface area contributed by atoms with Crippen molar-refractivity contribution in [3.05, 3.63) is 40.1 Å². The third kappa shape index (κ3) is 3.44. The van der Waals surface area contributed by atoms with Crippen LogP contribution in [0.4, 0.5) is 0 Å². The fraction of sp³-hybridized carbons (Fsp3) is 0.429. The van der Waals surface area contributed by atoms with Gasteiger partial charge in [-0.15, -0.1) is 11.3 Å². The highest BCUT2D eigenvalue weighted by Gasteiger charge is 2.16. The van der Waals surface area contributed by atoms with Crippen molar-refractivity contribution in [3.63, 3.8) is 0 Å². The Bertz CT molecular complexity index is 578. The molecule has 0 aliphatic rings. The van der Waals surface area contributed by atoms with Crippen LogP contribution in [-0.4, -0.2) is 15.5 Å². The van der Waals surface area contributed by atoms with Crippen LogP contribution < -0.4 is 5.32 Å². The number of imidazole rings is 1. The van der Waals surface area contributed by atoms with Gasteiger partial charge in [-0.2, -0.15) is 0 Å². The molecule has 2 aromatic rings. The van der Waals surface area contributed by atoms with E-state index in [1.807, 2.05) is 7.05 Å². The van der Waals surface area contributed by atoms with E-state index >= 15 is 0 Å². The van der Waals surface area contributed by atoms with Gasteiger partial charge in [0.05, 0.1) is 12.9 Å². The lowest BCUT2D eigenvalue weighted by molar-refractivity contribution is 0.0946. The molecule has 0 fully saturated rings. The Morgan fingerprint density at radius 2 is 2.16 bits per heavy atom. The van der Waals surface area contributed by atoms with E-state index in [4.69, 9.17) is 0 Å². The summed E-state index contributed by atoms with van der Waals surface area (Å²) in [6, 6.07) is 4.21. The van der Waals surface area contributed by atoms with Gasteiger partial charge in [-0.1, -0.05) is 20.8 Å². The summed E-state index contributed by atoms with van der Waals surface area (Å²) in [5.74, 6) is -0.133. The van der Waals surface area contributed by atoms with Gasteiger partial charge in [0.15, 0.2) is 0 Å². The molecular weight excluding hydrogens is 258 g/mol. The number of carbonyl (C=O) groups excluding carboxylic acids is 1. The molecule has 0 radical (unpaired) electrons. The maximum atomic E-state index is 11.9. The normalized spacial score (nSPS) is 11.6. The Morgan fingerprint density at radius 1 is 1.42 bits per heavy atom. The number of nitrogens with zero attached hydrogens (tertiary/aromatic N) is 2. The zero-order valence-electron chi connectivity index (χ0n) is 11.7. The third-order valence-electron chi connectivity index (χ3n) is 2.76. The summed E-state index contributed by atoms with van der Waals surface area (Å²) in [6.07, 6.45) is 3.34. The average molecular weight is 277 g/mol. The van der Waals surface area contributed by atoms with Crippen molar-refractivity contribution in [1.29, 1.82) is 0 Å². The van der Waals surface area contributed by atoms with Crippen LogP contribution in [0.25, 0.3) is 0 Å². The van der Waals surface area contributed by atoms with E-state index in [0.717, 1.165) is 4.88 Å². The van der Waals surface area contributed by atoms with Gasteiger partial charge in [-0.25, -0.2) is 4.98 Å². The molecule has 0 aromatic carbocycles. The summed E-state index contributed by atoms with van der Waals surface area (Å²) in [5, 5.41) is 2.89. The summed E-state index contributed by atoms with van der Waals surface area (Å²) in [6.45, 7) is 7.12. The predicted octanol–water partition coefficient (Wildman–Crippen LogP) is 2.71. The lowest BCUT2D eigenvalue weighted by atomic mass is 9.95. The van der Waals surface area contributed by atoms with E-state index in [2.05, 4.69) is 43.2 Å². The second kappa shape index (κ2) is 5.17. The molecule has 0 spiro atoms. The van der Waals surface area contributed by atoms with Crippen molar-refractivity contribution < 1.29 is 4.79 Å². The zero-order chi connectivity index (χ0) is 14.0. The van der Waals surface area contributed by atoms with E-state index in [9.17, 15) is 4.79 Å². The minimum atomic E-state index is -0.133. The number of thiophene rings is 1. The number of hydrogen-bond acceptors (Lipinski definition) is 3. The number of aromatic nitrogens is 2. The maximum absolute atomic E-state index is 11.9. The quantitative estimate of drug-likeness (QED) is 0.937. The molecular formula is C14H19N3OS. The molecule has 0 aliphatic carbocycles. The summed E-state index contributed by atoms with van der Waals surface area (Å²) in [7, 11) is 1.85. The minimum Gasteiger partial charge on any atom is -0.346 e. The summed E-state index contributed by atoms with van der Waals surface area (Å²) < 4.78 is 1.76. The summed E-state index contributed by atoms with van der Waals surface area (Å²) >= 11 is 1.74. The number of aryl methyl sites for hydroxylation is 1. The molecule has 19 heavy (non-hydrogen) atoms. The SMILES string of the molecule is Cn1cnc(C(=O)NCc2ccc(C(C)(C)C)s2)c1. The van der Waals surface area contributed by atoms with Crippen LogP contribution in [0.3, 0.4) is 0 Å². The molecule has 2 heterocycles. The van der Waals surface area contributed by atoms with E-state index in [1.54, 1.807) is 28.4 Å². The van der Waals surface area contributed by atoms with Crippen LogP contribution in [0, 0.1) is 0 Å². The van der Waals surface area contributed by atoms with Crippen molar-refractivity contribution in [3.8, 4) is 0 Å². The zero-order valence-corrected chi connectivity index (χ0v) is 12.5. The van der Waals surface area contributed by atoms with Gasteiger partial charge in [0.25, 0.3) is 5.91 Å². The molecule has 0 atom stereocenters. The highest BCUT2D eigenvalue weighted by atomic mass is 32.1. The predicted molar refractivity (Wildman–Crippen MR) is 77.4 cm³/mol. The first-order valence-electron chi connectivity index (χ1n) is 6.21. The van der Waals surface area contributed by atoms with Gasteiger partial charge in [-0.05, 0) is 17.5 Å². The third-order valence-corrected chi connectivity index (χ3v) is 4.27. The molecule has 4 nitrogen and oxygen atoms in total. The summed E-state index contributed by atoms with van der Waals surface area (Å²) in [4.78, 5) is 18.4. The van der Waals surface area contributed by atoms with Crippen molar-refractivity contribution in [1.82, 2.24) is 14.9 Å². The minimum absolute atomic E-state index is 0.133. The summed E-state index contributed by atoms with van der Waals surface area (Å²) in [5.41, 5.74) is 0.614. The highest BCUT2D eigenvalue weighted by Crippen LogP contribution is 2.29. The maximum Gasteiger partial charge on any atom is 0.271 e. The second-order valence-electron chi connectivity index (χ2n) is 5.62. The Balaban J connectivity index is 1.96. The Kier molecular flexibility index (Phi) is 3.75. The molecule has 0 unspecified atom stereocenters. The van der Waals surface area contributed by atoms with Crippen LogP contribution in [0.2, 0.25) is 0 Å². The van der Waals surface area contributed by atoms with Gasteiger partial charge in [-0.3, -0.25) is 4.79 Å². The van der Waals surface area contributed by atoms with Gasteiger partial charge >= 0.3 is 0 Å². The Labute approximate surface area is 117 Å². The van der Waals surface area contributed by atoms with Crippen molar-refractivity contribution >= 4 is 17.2 Å². The van der Waals surface area contributed by atoms with Crippen LogP contribution in [0.1, 0.15) is 41.0 Å². The molecule has 0 aliphatic heterocycles. The van der Waals surface area contributed by atoms with Crippen LogP contribution in [0.15, 0.2) is 24.7 Å². The van der Waals surface area contributed by atoms with Crippen LogP contribution >= 0.6 is 11.3 Å². The van der Waals surface area contributed by atoms with Gasteiger partial charge in [0, 0.05) is 23.0 Å². The number of rotatable bonds is 3. The molecule has 102 valence electrons. The molecule has 0 saturated heterocycles. The van der Waals surface area contributed by atoms with E-state index < -0.39 is 0 Å². The van der Waals surface area contributed by atoms with Crippen LogP contribution in [-0.2, 0) is 19.0 Å². The lowest BCUT2D eigenvalue weighted by Gasteiger charge is -2.15. The Hall–Kier alpha value is -1.62. The standard InChI is InChI=1S/C14H19N3OS/c1-14(2,3)12-6-5-10(19-12)7-15-13(18)11-8-17(4)9-16-11/h5-6,8-9H,7H2,1-4H3,(H,15,18). The van der Waals surface area contributed by atoms with Crippen LogP contribution in [0.5, 0.6) is 0 Å². The number of hydrogen-bond donors (Lipinski definition) is 1. The monoisotopic (exact) mass is 277 g/mol. The number of carbonyl (C=O) groups is 1. The molecule has 5 heteroatoms. The highest BCUT2D eigenvalue weighted by molar-refractivity contribution is 7.12. The van der Waals surface area contributed by atoms with Gasteiger partial charge < -0.3 is 9.88 Å². The molecule has 0 bridgehead atoms. The largest absolute Gasteiger partial charge is 0.346 e. The lowest BCUT2D eigenvalue weighted by Crippen LogP contribution is -2.22. The van der Waals surface area contributed by atoms with Gasteiger partial charge in [0.2, 0.25) is 0 Å². The van der Waals surface area contributed by atoms with E-state index in [0.29, 0.717) is 12.2 Å².